The van der Waals surface area contributed by atoms with Crippen molar-refractivity contribution in [3.8, 4) is 23.0 Å². The Balaban J connectivity index is 1.41. The second kappa shape index (κ2) is 9.90. The number of benzene rings is 3. The summed E-state index contributed by atoms with van der Waals surface area (Å²) in [5, 5.41) is 20.2. The molecule has 188 valence electrons. The summed E-state index contributed by atoms with van der Waals surface area (Å²) in [5.41, 5.74) is 4.70. The molecular weight excluding hydrogens is 450 g/mol. The van der Waals surface area contributed by atoms with Gasteiger partial charge in [0, 0.05) is 29.3 Å². The third kappa shape index (κ3) is 4.68. The molecule has 3 aromatic rings. The number of allylic oxidation sites excluding steroid dienone is 1. The Labute approximate surface area is 213 Å². The van der Waals surface area contributed by atoms with Gasteiger partial charge < -0.3 is 19.7 Å². The second-order valence-electron chi connectivity index (χ2n) is 10.2. The molecule has 0 amide bonds. The molecular formula is C31H35NO4. The van der Waals surface area contributed by atoms with E-state index in [0.29, 0.717) is 24.7 Å². The highest BCUT2D eigenvalue weighted by Gasteiger charge is 2.32. The van der Waals surface area contributed by atoms with Gasteiger partial charge in [-0.05, 0) is 99.7 Å². The first-order valence-electron chi connectivity index (χ1n) is 12.8. The Morgan fingerprint density at radius 2 is 1.64 bits per heavy atom. The minimum absolute atomic E-state index is 0.193. The lowest BCUT2D eigenvalue weighted by atomic mass is 9.86. The summed E-state index contributed by atoms with van der Waals surface area (Å²) < 4.78 is 12.7. The molecule has 0 saturated carbocycles. The molecule has 2 aliphatic rings. The van der Waals surface area contributed by atoms with Crippen LogP contribution in [0.25, 0.3) is 11.1 Å². The second-order valence-corrected chi connectivity index (χ2v) is 10.2. The van der Waals surface area contributed by atoms with E-state index in [9.17, 15) is 10.2 Å². The molecule has 0 aliphatic carbocycles. The summed E-state index contributed by atoms with van der Waals surface area (Å²) in [7, 11) is 0. The molecule has 4 atom stereocenters. The lowest BCUT2D eigenvalue weighted by Crippen LogP contribution is -2.43. The number of ether oxygens (including phenoxy) is 2. The zero-order valence-electron chi connectivity index (χ0n) is 21.4. The predicted octanol–water partition coefficient (Wildman–Crippen LogP) is 6.80. The molecule has 5 nitrogen and oxygen atoms in total. The van der Waals surface area contributed by atoms with E-state index in [1.165, 1.54) is 12.8 Å². The summed E-state index contributed by atoms with van der Waals surface area (Å²) >= 11 is 0. The highest BCUT2D eigenvalue weighted by atomic mass is 16.5. The van der Waals surface area contributed by atoms with Crippen molar-refractivity contribution in [3.63, 3.8) is 0 Å². The van der Waals surface area contributed by atoms with Crippen LogP contribution in [-0.4, -0.2) is 39.8 Å². The van der Waals surface area contributed by atoms with Crippen LogP contribution in [0.3, 0.4) is 0 Å². The van der Waals surface area contributed by atoms with E-state index in [1.807, 2.05) is 43.3 Å². The largest absolute Gasteiger partial charge is 0.508 e. The molecule has 5 heteroatoms. The van der Waals surface area contributed by atoms with Crippen LogP contribution in [0.4, 0.5) is 0 Å². The van der Waals surface area contributed by atoms with Gasteiger partial charge in [-0.15, -0.1) is 0 Å². The fourth-order valence-electron chi connectivity index (χ4n) is 5.84. The van der Waals surface area contributed by atoms with Crippen molar-refractivity contribution in [1.29, 1.82) is 0 Å². The number of phenolic OH excluding ortho intramolecular Hbond substituents is 2. The predicted molar refractivity (Wildman–Crippen MR) is 143 cm³/mol. The summed E-state index contributed by atoms with van der Waals surface area (Å²) in [5.74, 6) is 1.96. The van der Waals surface area contributed by atoms with Crippen LogP contribution < -0.4 is 9.47 Å². The van der Waals surface area contributed by atoms with Crippen LogP contribution in [0.2, 0.25) is 0 Å². The fourth-order valence-corrected chi connectivity index (χ4v) is 5.84. The SMILES string of the molecule is CC1=C(c2cccc(O)c2)C(c2ccc(OCC(C)N3[C@H](C)CC[C@H]3C)cc2)Oc2ccc(O)cc21. The Morgan fingerprint density at radius 3 is 2.33 bits per heavy atom. The minimum Gasteiger partial charge on any atom is -0.508 e. The fraction of sp³-hybridized carbons (Fsp3) is 0.355. The van der Waals surface area contributed by atoms with Crippen molar-refractivity contribution < 1.29 is 19.7 Å². The van der Waals surface area contributed by atoms with Gasteiger partial charge in [0.25, 0.3) is 0 Å². The standard InChI is InChI=1S/C31H35NO4/c1-19-8-9-20(2)32(19)21(3)18-35-27-13-10-23(11-14-27)31-30(24-6-5-7-25(33)16-24)22(4)28-17-26(34)12-15-29(28)36-31/h5-7,10-17,19-21,31,33-34H,8-9,18H2,1-4H3/t19-,20-,21?,31?/m1/s1. The maximum Gasteiger partial charge on any atom is 0.150 e. The van der Waals surface area contributed by atoms with Crippen molar-refractivity contribution in [2.24, 2.45) is 0 Å². The van der Waals surface area contributed by atoms with Gasteiger partial charge in [0.2, 0.25) is 0 Å². The molecule has 0 aromatic heterocycles. The molecule has 2 heterocycles. The lowest BCUT2D eigenvalue weighted by Gasteiger charge is -2.32. The third-order valence-electron chi connectivity index (χ3n) is 7.64. The average Bonchev–Trinajstić information content (AvgIpc) is 3.21. The molecule has 0 radical (unpaired) electrons. The van der Waals surface area contributed by atoms with Crippen molar-refractivity contribution in [2.75, 3.05) is 6.61 Å². The molecule has 2 unspecified atom stereocenters. The number of aromatic hydroxyl groups is 2. The van der Waals surface area contributed by atoms with Gasteiger partial charge in [0.1, 0.15) is 35.7 Å². The van der Waals surface area contributed by atoms with Crippen molar-refractivity contribution in [2.45, 2.75) is 64.8 Å². The molecule has 1 saturated heterocycles. The van der Waals surface area contributed by atoms with Gasteiger partial charge >= 0.3 is 0 Å². The molecule has 3 aromatic carbocycles. The minimum atomic E-state index is -0.358. The monoisotopic (exact) mass is 485 g/mol. The molecule has 36 heavy (non-hydrogen) atoms. The third-order valence-corrected chi connectivity index (χ3v) is 7.64. The van der Waals surface area contributed by atoms with E-state index >= 15 is 0 Å². The molecule has 2 N–H and O–H groups in total. The normalized spacial score (nSPS) is 22.7. The first-order valence-corrected chi connectivity index (χ1v) is 12.8. The molecule has 2 aliphatic heterocycles. The van der Waals surface area contributed by atoms with Gasteiger partial charge in [0.15, 0.2) is 0 Å². The molecule has 0 bridgehead atoms. The highest BCUT2D eigenvalue weighted by molar-refractivity contribution is 5.95. The number of hydrogen-bond acceptors (Lipinski definition) is 5. The van der Waals surface area contributed by atoms with Crippen LogP contribution in [0.5, 0.6) is 23.0 Å². The topological polar surface area (TPSA) is 62.2 Å². The van der Waals surface area contributed by atoms with Crippen LogP contribution in [0.15, 0.2) is 66.7 Å². The van der Waals surface area contributed by atoms with Gasteiger partial charge in [0.05, 0.1) is 0 Å². The van der Waals surface area contributed by atoms with E-state index < -0.39 is 0 Å². The van der Waals surface area contributed by atoms with E-state index in [4.69, 9.17) is 9.47 Å². The molecule has 5 rings (SSSR count). The molecule has 0 spiro atoms. The zero-order valence-corrected chi connectivity index (χ0v) is 21.4. The van der Waals surface area contributed by atoms with Crippen LogP contribution in [0, 0.1) is 0 Å². The lowest BCUT2D eigenvalue weighted by molar-refractivity contribution is 0.109. The van der Waals surface area contributed by atoms with Gasteiger partial charge in [-0.2, -0.15) is 0 Å². The van der Waals surface area contributed by atoms with Gasteiger partial charge in [-0.3, -0.25) is 4.90 Å². The van der Waals surface area contributed by atoms with Crippen molar-refractivity contribution in [1.82, 2.24) is 4.90 Å². The number of fused-ring (bicyclic) bond motifs is 1. The summed E-state index contributed by atoms with van der Waals surface area (Å²) in [4.78, 5) is 2.56. The van der Waals surface area contributed by atoms with E-state index in [-0.39, 0.29) is 17.6 Å². The van der Waals surface area contributed by atoms with Crippen LogP contribution in [-0.2, 0) is 0 Å². The number of nitrogens with zero attached hydrogens (tertiary/aromatic N) is 1. The zero-order chi connectivity index (χ0) is 25.4. The summed E-state index contributed by atoms with van der Waals surface area (Å²) in [6.07, 6.45) is 2.14. The first-order chi connectivity index (χ1) is 17.3. The average molecular weight is 486 g/mol. The highest BCUT2D eigenvalue weighted by Crippen LogP contribution is 2.47. The number of rotatable bonds is 6. The number of likely N-dealkylation sites (tertiary alicyclic amines) is 1. The summed E-state index contributed by atoms with van der Waals surface area (Å²) in [6, 6.07) is 22.1. The number of phenols is 2. The smallest absolute Gasteiger partial charge is 0.150 e. The van der Waals surface area contributed by atoms with Gasteiger partial charge in [-0.25, -0.2) is 0 Å². The maximum atomic E-state index is 10.2. The van der Waals surface area contributed by atoms with Crippen molar-refractivity contribution in [3.05, 3.63) is 83.4 Å². The number of hydrogen-bond donors (Lipinski definition) is 2. The Morgan fingerprint density at radius 1 is 0.944 bits per heavy atom. The molecule has 1 fully saturated rings. The quantitative estimate of drug-likeness (QED) is 0.402. The Kier molecular flexibility index (Phi) is 6.67. The van der Waals surface area contributed by atoms with Gasteiger partial charge in [-0.1, -0.05) is 24.3 Å². The first kappa shape index (κ1) is 24.3. The van der Waals surface area contributed by atoms with Crippen molar-refractivity contribution >= 4 is 11.1 Å². The van der Waals surface area contributed by atoms with Crippen LogP contribution in [0.1, 0.15) is 63.3 Å². The Bertz CT molecular complexity index is 1260. The maximum absolute atomic E-state index is 10.2. The Hall–Kier alpha value is -3.44. The van der Waals surface area contributed by atoms with Crippen LogP contribution >= 0.6 is 0 Å². The van der Waals surface area contributed by atoms with E-state index in [1.54, 1.807) is 30.3 Å². The van der Waals surface area contributed by atoms with E-state index in [0.717, 1.165) is 39.3 Å². The van der Waals surface area contributed by atoms with E-state index in [2.05, 4.69) is 25.7 Å². The summed E-state index contributed by atoms with van der Waals surface area (Å²) in [6.45, 7) is 9.54.